The van der Waals surface area contributed by atoms with Gasteiger partial charge in [0.15, 0.2) is 0 Å². The van der Waals surface area contributed by atoms with Crippen LogP contribution in [0.25, 0.3) is 0 Å². The fourth-order valence-electron chi connectivity index (χ4n) is 3.60. The van der Waals surface area contributed by atoms with E-state index < -0.39 is 28.5 Å². The molecule has 32 heavy (non-hydrogen) atoms. The van der Waals surface area contributed by atoms with Gasteiger partial charge in [0.25, 0.3) is 0 Å². The minimum atomic E-state index is -3.76. The third kappa shape index (κ3) is 6.46. The quantitative estimate of drug-likeness (QED) is 0.598. The maximum Gasteiger partial charge on any atom is 0.244 e. The average molecular weight is 480 g/mol. The number of benzene rings is 2. The van der Waals surface area contributed by atoms with Gasteiger partial charge in [-0.05, 0) is 55.2 Å². The molecule has 0 radical (unpaired) electrons. The van der Waals surface area contributed by atoms with Crippen LogP contribution in [0.2, 0.25) is 5.02 Å². The molecule has 0 spiro atoms. The van der Waals surface area contributed by atoms with E-state index in [0.717, 1.165) is 21.7 Å². The maximum absolute atomic E-state index is 13.5. The van der Waals surface area contributed by atoms with Gasteiger partial charge >= 0.3 is 0 Å². The van der Waals surface area contributed by atoms with E-state index in [2.05, 4.69) is 5.32 Å². The van der Waals surface area contributed by atoms with Crippen LogP contribution >= 0.6 is 11.6 Å². The molecule has 7 nitrogen and oxygen atoms in total. The standard InChI is InChI=1S/C23H30ClN3O4S/c1-6-21(23(29)25-4)26(14-18-9-7-8-10-20(18)24)22(28)15-27(32(5,30)31)19-12-16(2)11-17(3)13-19/h7-13,21H,6,14-15H2,1-5H3,(H,25,29). The third-order valence-corrected chi connectivity index (χ3v) is 6.61. The van der Waals surface area contributed by atoms with Crippen LogP contribution in [0.4, 0.5) is 5.69 Å². The lowest BCUT2D eigenvalue weighted by molar-refractivity contribution is -0.140. The van der Waals surface area contributed by atoms with Gasteiger partial charge < -0.3 is 10.2 Å². The zero-order chi connectivity index (χ0) is 24.1. The second-order valence-corrected chi connectivity index (χ2v) is 10.1. The minimum Gasteiger partial charge on any atom is -0.357 e. The molecule has 9 heteroatoms. The first-order valence-electron chi connectivity index (χ1n) is 10.3. The summed E-state index contributed by atoms with van der Waals surface area (Å²) in [5, 5.41) is 3.05. The fraction of sp³-hybridized carbons (Fsp3) is 0.391. The molecule has 0 aliphatic heterocycles. The molecule has 0 heterocycles. The molecule has 0 fully saturated rings. The minimum absolute atomic E-state index is 0.0783. The molecule has 0 saturated heterocycles. The van der Waals surface area contributed by atoms with E-state index in [0.29, 0.717) is 22.7 Å². The van der Waals surface area contributed by atoms with Crippen molar-refractivity contribution >= 4 is 39.1 Å². The van der Waals surface area contributed by atoms with Gasteiger partial charge in [-0.3, -0.25) is 13.9 Å². The predicted octanol–water partition coefficient (Wildman–Crippen LogP) is 3.28. The second-order valence-electron chi connectivity index (χ2n) is 7.77. The van der Waals surface area contributed by atoms with Gasteiger partial charge in [-0.25, -0.2) is 8.42 Å². The Hall–Kier alpha value is -2.58. The number of nitrogens with zero attached hydrogens (tertiary/aromatic N) is 2. The summed E-state index contributed by atoms with van der Waals surface area (Å²) in [7, 11) is -2.26. The average Bonchev–Trinajstić information content (AvgIpc) is 2.71. The SMILES string of the molecule is CCC(C(=O)NC)N(Cc1ccccc1Cl)C(=O)CN(c1cc(C)cc(C)c1)S(C)(=O)=O. The van der Waals surface area contributed by atoms with E-state index in [1.165, 1.54) is 11.9 Å². The van der Waals surface area contributed by atoms with Gasteiger partial charge in [0.2, 0.25) is 21.8 Å². The lowest BCUT2D eigenvalue weighted by Crippen LogP contribution is -2.51. The smallest absolute Gasteiger partial charge is 0.244 e. The molecule has 1 unspecified atom stereocenters. The number of anilines is 1. The van der Waals surface area contributed by atoms with Crippen LogP contribution in [-0.2, 0) is 26.2 Å². The number of nitrogens with one attached hydrogen (secondary N) is 1. The summed E-state index contributed by atoms with van der Waals surface area (Å²) < 4.78 is 26.3. The number of likely N-dealkylation sites (N-methyl/N-ethyl adjacent to an activating group) is 1. The molecule has 0 saturated carbocycles. The summed E-state index contributed by atoms with van der Waals surface area (Å²) in [6.07, 6.45) is 1.42. The first kappa shape index (κ1) is 25.7. The van der Waals surface area contributed by atoms with Crippen molar-refractivity contribution in [2.45, 2.75) is 39.8 Å². The van der Waals surface area contributed by atoms with Crippen LogP contribution in [0.15, 0.2) is 42.5 Å². The van der Waals surface area contributed by atoms with E-state index in [4.69, 9.17) is 11.6 Å². The van der Waals surface area contributed by atoms with Crippen molar-refractivity contribution in [3.05, 3.63) is 64.2 Å². The van der Waals surface area contributed by atoms with Crippen molar-refractivity contribution in [3.63, 3.8) is 0 Å². The molecule has 1 atom stereocenters. The van der Waals surface area contributed by atoms with E-state index >= 15 is 0 Å². The molecular weight excluding hydrogens is 450 g/mol. The second kappa shape index (κ2) is 10.8. The van der Waals surface area contributed by atoms with Crippen molar-refractivity contribution < 1.29 is 18.0 Å². The van der Waals surface area contributed by atoms with Crippen molar-refractivity contribution in [2.75, 3.05) is 24.2 Å². The molecule has 0 bridgehead atoms. The molecule has 2 amide bonds. The predicted molar refractivity (Wildman–Crippen MR) is 128 cm³/mol. The summed E-state index contributed by atoms with van der Waals surface area (Å²) in [6, 6.07) is 11.6. The Labute approximate surface area is 195 Å². The maximum atomic E-state index is 13.5. The van der Waals surface area contributed by atoms with Crippen molar-refractivity contribution in [1.29, 1.82) is 0 Å². The lowest BCUT2D eigenvalue weighted by Gasteiger charge is -2.32. The number of amides is 2. The molecule has 2 aromatic carbocycles. The molecular formula is C23H30ClN3O4S. The van der Waals surface area contributed by atoms with Crippen LogP contribution < -0.4 is 9.62 Å². The van der Waals surface area contributed by atoms with E-state index in [1.54, 1.807) is 43.3 Å². The first-order chi connectivity index (χ1) is 15.0. The Morgan fingerprint density at radius 3 is 2.19 bits per heavy atom. The Morgan fingerprint density at radius 1 is 1.09 bits per heavy atom. The van der Waals surface area contributed by atoms with Gasteiger partial charge in [-0.2, -0.15) is 0 Å². The number of halogens is 1. The topological polar surface area (TPSA) is 86.8 Å². The Morgan fingerprint density at radius 2 is 1.69 bits per heavy atom. The number of rotatable bonds is 9. The largest absolute Gasteiger partial charge is 0.357 e. The highest BCUT2D eigenvalue weighted by molar-refractivity contribution is 7.92. The van der Waals surface area contributed by atoms with Crippen molar-refractivity contribution in [1.82, 2.24) is 10.2 Å². The summed E-state index contributed by atoms with van der Waals surface area (Å²) in [5.74, 6) is -0.824. The molecule has 2 aromatic rings. The van der Waals surface area contributed by atoms with Crippen LogP contribution in [0, 0.1) is 13.8 Å². The van der Waals surface area contributed by atoms with Crippen molar-refractivity contribution in [2.24, 2.45) is 0 Å². The normalized spacial score (nSPS) is 12.2. The van der Waals surface area contributed by atoms with Gasteiger partial charge in [0, 0.05) is 18.6 Å². The summed E-state index contributed by atoms with van der Waals surface area (Å²) in [5.41, 5.74) is 2.84. The number of hydrogen-bond acceptors (Lipinski definition) is 4. The number of carbonyl (C=O) groups is 2. The highest BCUT2D eigenvalue weighted by atomic mass is 35.5. The number of hydrogen-bond donors (Lipinski definition) is 1. The van der Waals surface area contributed by atoms with Crippen LogP contribution in [-0.4, -0.2) is 51.0 Å². The van der Waals surface area contributed by atoms with Gasteiger partial charge in [0.05, 0.1) is 11.9 Å². The summed E-state index contributed by atoms with van der Waals surface area (Å²) in [4.78, 5) is 27.4. The lowest BCUT2D eigenvalue weighted by atomic mass is 10.1. The van der Waals surface area contributed by atoms with E-state index in [-0.39, 0.29) is 12.5 Å². The third-order valence-electron chi connectivity index (χ3n) is 5.10. The molecule has 1 N–H and O–H groups in total. The molecule has 0 aliphatic rings. The summed E-state index contributed by atoms with van der Waals surface area (Å²) >= 11 is 6.30. The highest BCUT2D eigenvalue weighted by Gasteiger charge is 2.31. The van der Waals surface area contributed by atoms with Crippen LogP contribution in [0.3, 0.4) is 0 Å². The zero-order valence-electron chi connectivity index (χ0n) is 19.1. The molecule has 174 valence electrons. The number of aryl methyl sites for hydroxylation is 2. The fourth-order valence-corrected chi connectivity index (χ4v) is 4.63. The molecule has 0 aromatic heterocycles. The molecule has 0 aliphatic carbocycles. The van der Waals surface area contributed by atoms with E-state index in [9.17, 15) is 18.0 Å². The Bertz CT molecular complexity index is 1070. The first-order valence-corrected chi connectivity index (χ1v) is 12.5. The summed E-state index contributed by atoms with van der Waals surface area (Å²) in [6.45, 7) is 5.17. The monoisotopic (exact) mass is 479 g/mol. The van der Waals surface area contributed by atoms with Crippen LogP contribution in [0.5, 0.6) is 0 Å². The number of carbonyl (C=O) groups excluding carboxylic acids is 2. The Balaban J connectivity index is 2.48. The van der Waals surface area contributed by atoms with Crippen molar-refractivity contribution in [3.8, 4) is 0 Å². The van der Waals surface area contributed by atoms with Gasteiger partial charge in [0.1, 0.15) is 12.6 Å². The highest BCUT2D eigenvalue weighted by Crippen LogP contribution is 2.24. The van der Waals surface area contributed by atoms with Crippen LogP contribution in [0.1, 0.15) is 30.0 Å². The molecule has 2 rings (SSSR count). The van der Waals surface area contributed by atoms with Gasteiger partial charge in [-0.1, -0.05) is 42.8 Å². The van der Waals surface area contributed by atoms with E-state index in [1.807, 2.05) is 19.9 Å². The Kier molecular flexibility index (Phi) is 8.69. The van der Waals surface area contributed by atoms with Gasteiger partial charge in [-0.15, -0.1) is 0 Å². The zero-order valence-corrected chi connectivity index (χ0v) is 20.6. The number of sulfonamides is 1.